The summed E-state index contributed by atoms with van der Waals surface area (Å²) in [6.45, 7) is 6.84. The molecule has 0 spiro atoms. The predicted octanol–water partition coefficient (Wildman–Crippen LogP) is 2.97. The first-order chi connectivity index (χ1) is 8.95. The molecule has 0 heterocycles. The average Bonchev–Trinajstić information content (AvgIpc) is 2.43. The minimum atomic E-state index is 0. The fraction of sp³-hybridized carbons (Fsp3) is 0.562. The molecule has 0 aromatic heterocycles. The molecule has 0 bridgehead atoms. The van der Waals surface area contributed by atoms with Crippen LogP contribution in [0.2, 0.25) is 0 Å². The van der Waals surface area contributed by atoms with Crippen molar-refractivity contribution >= 4 is 18.3 Å². The summed E-state index contributed by atoms with van der Waals surface area (Å²) >= 11 is 0. The van der Waals surface area contributed by atoms with Crippen LogP contribution in [0.1, 0.15) is 44.2 Å². The lowest BCUT2D eigenvalue weighted by Gasteiger charge is -2.23. The van der Waals surface area contributed by atoms with Crippen molar-refractivity contribution in [3.05, 3.63) is 35.4 Å². The van der Waals surface area contributed by atoms with E-state index in [4.69, 9.17) is 5.73 Å². The summed E-state index contributed by atoms with van der Waals surface area (Å²) in [5.41, 5.74) is 8.12. The number of carbonyl (C=O) groups is 1. The minimum Gasteiger partial charge on any atom is -0.342 e. The predicted molar refractivity (Wildman–Crippen MR) is 87.4 cm³/mol. The molecule has 1 amide bonds. The van der Waals surface area contributed by atoms with E-state index >= 15 is 0 Å². The van der Waals surface area contributed by atoms with Gasteiger partial charge in [-0.25, -0.2) is 0 Å². The second-order valence-corrected chi connectivity index (χ2v) is 5.49. The Balaban J connectivity index is 0.00000361. The highest BCUT2D eigenvalue weighted by atomic mass is 35.5. The molecule has 0 saturated carbocycles. The van der Waals surface area contributed by atoms with Crippen molar-refractivity contribution in [3.63, 3.8) is 0 Å². The van der Waals surface area contributed by atoms with Gasteiger partial charge in [0.15, 0.2) is 0 Å². The SMILES string of the molecule is CC(C)c1ccc(CCC(=O)N(C)C(C)CN)cc1.Cl. The number of aryl methyl sites for hydroxylation is 1. The Bertz CT molecular complexity index is 403. The number of halogens is 1. The summed E-state index contributed by atoms with van der Waals surface area (Å²) < 4.78 is 0. The molecule has 1 atom stereocenters. The van der Waals surface area contributed by atoms with Gasteiger partial charge < -0.3 is 10.6 Å². The molecule has 3 nitrogen and oxygen atoms in total. The first-order valence-corrected chi connectivity index (χ1v) is 7.00. The number of rotatable bonds is 6. The number of carbonyl (C=O) groups excluding carboxylic acids is 1. The van der Waals surface area contributed by atoms with Crippen LogP contribution in [0.4, 0.5) is 0 Å². The molecule has 0 aliphatic heterocycles. The number of nitrogens with two attached hydrogens (primary N) is 1. The van der Waals surface area contributed by atoms with E-state index in [2.05, 4.69) is 38.1 Å². The lowest BCUT2D eigenvalue weighted by molar-refractivity contribution is -0.131. The normalized spacial score (nSPS) is 11.9. The molecule has 1 rings (SSSR count). The Kier molecular flexibility index (Phi) is 8.51. The van der Waals surface area contributed by atoms with Crippen molar-refractivity contribution in [2.24, 2.45) is 5.73 Å². The van der Waals surface area contributed by atoms with Crippen molar-refractivity contribution in [3.8, 4) is 0 Å². The third-order valence-electron chi connectivity index (χ3n) is 3.67. The standard InChI is InChI=1S/C16H26N2O.ClH/c1-12(2)15-8-5-14(6-9-15)7-10-16(19)18(4)13(3)11-17;/h5-6,8-9,12-13H,7,10-11,17H2,1-4H3;1H. The van der Waals surface area contributed by atoms with Gasteiger partial charge in [-0.05, 0) is 30.4 Å². The van der Waals surface area contributed by atoms with Crippen LogP contribution in [-0.2, 0) is 11.2 Å². The first-order valence-electron chi connectivity index (χ1n) is 7.00. The van der Waals surface area contributed by atoms with Crippen LogP contribution < -0.4 is 5.73 Å². The number of nitrogens with zero attached hydrogens (tertiary/aromatic N) is 1. The second-order valence-electron chi connectivity index (χ2n) is 5.49. The van der Waals surface area contributed by atoms with Gasteiger partial charge in [0, 0.05) is 26.1 Å². The molecule has 20 heavy (non-hydrogen) atoms. The molecule has 0 fully saturated rings. The van der Waals surface area contributed by atoms with Gasteiger partial charge >= 0.3 is 0 Å². The van der Waals surface area contributed by atoms with E-state index < -0.39 is 0 Å². The van der Waals surface area contributed by atoms with Crippen LogP contribution in [-0.4, -0.2) is 30.4 Å². The maximum absolute atomic E-state index is 12.0. The first kappa shape index (κ1) is 18.9. The molecular formula is C16H27ClN2O. The zero-order valence-corrected chi connectivity index (χ0v) is 13.7. The Morgan fingerprint density at radius 3 is 2.20 bits per heavy atom. The number of benzene rings is 1. The molecule has 1 aromatic carbocycles. The van der Waals surface area contributed by atoms with E-state index in [1.54, 1.807) is 4.90 Å². The average molecular weight is 299 g/mol. The highest BCUT2D eigenvalue weighted by Gasteiger charge is 2.13. The summed E-state index contributed by atoms with van der Waals surface area (Å²) in [5.74, 6) is 0.707. The summed E-state index contributed by atoms with van der Waals surface area (Å²) in [5, 5.41) is 0. The van der Waals surface area contributed by atoms with Gasteiger partial charge in [0.2, 0.25) is 5.91 Å². The van der Waals surface area contributed by atoms with E-state index in [-0.39, 0.29) is 24.4 Å². The van der Waals surface area contributed by atoms with Gasteiger partial charge in [-0.1, -0.05) is 38.1 Å². The molecule has 0 saturated heterocycles. The number of likely N-dealkylation sites (N-methyl/N-ethyl adjacent to an activating group) is 1. The van der Waals surface area contributed by atoms with Crippen molar-refractivity contribution in [2.45, 2.75) is 45.6 Å². The van der Waals surface area contributed by atoms with Gasteiger partial charge in [-0.2, -0.15) is 0 Å². The molecular weight excluding hydrogens is 272 g/mol. The van der Waals surface area contributed by atoms with E-state index in [1.807, 2.05) is 14.0 Å². The van der Waals surface area contributed by atoms with Gasteiger partial charge in [0.05, 0.1) is 0 Å². The van der Waals surface area contributed by atoms with Crippen LogP contribution in [0.3, 0.4) is 0 Å². The second kappa shape index (κ2) is 8.98. The van der Waals surface area contributed by atoms with Gasteiger partial charge in [-0.15, -0.1) is 12.4 Å². The van der Waals surface area contributed by atoms with Crippen molar-refractivity contribution in [2.75, 3.05) is 13.6 Å². The number of amides is 1. The van der Waals surface area contributed by atoms with E-state index in [0.29, 0.717) is 18.9 Å². The Hall–Kier alpha value is -1.06. The molecule has 1 aromatic rings. The molecule has 4 heteroatoms. The van der Waals surface area contributed by atoms with Crippen LogP contribution in [0, 0.1) is 0 Å². The topological polar surface area (TPSA) is 46.3 Å². The Morgan fingerprint density at radius 2 is 1.75 bits per heavy atom. The summed E-state index contributed by atoms with van der Waals surface area (Å²) in [4.78, 5) is 13.7. The zero-order chi connectivity index (χ0) is 14.4. The van der Waals surface area contributed by atoms with Crippen LogP contribution in [0.25, 0.3) is 0 Å². The third-order valence-corrected chi connectivity index (χ3v) is 3.67. The van der Waals surface area contributed by atoms with Crippen molar-refractivity contribution < 1.29 is 4.79 Å². The maximum atomic E-state index is 12.0. The molecule has 0 radical (unpaired) electrons. The van der Waals surface area contributed by atoms with Gasteiger partial charge in [0.25, 0.3) is 0 Å². The highest BCUT2D eigenvalue weighted by molar-refractivity contribution is 5.85. The molecule has 0 aliphatic rings. The Morgan fingerprint density at radius 1 is 1.20 bits per heavy atom. The smallest absolute Gasteiger partial charge is 0.222 e. The summed E-state index contributed by atoms with van der Waals surface area (Å²) in [7, 11) is 1.82. The molecule has 2 N–H and O–H groups in total. The quantitative estimate of drug-likeness (QED) is 0.877. The van der Waals surface area contributed by atoms with Crippen molar-refractivity contribution in [1.29, 1.82) is 0 Å². The molecule has 0 aliphatic carbocycles. The Labute approximate surface area is 128 Å². The lowest BCUT2D eigenvalue weighted by Crippen LogP contribution is -2.39. The summed E-state index contributed by atoms with van der Waals surface area (Å²) in [6.07, 6.45) is 1.33. The van der Waals surface area contributed by atoms with E-state index in [9.17, 15) is 4.79 Å². The van der Waals surface area contributed by atoms with Crippen LogP contribution in [0.5, 0.6) is 0 Å². The molecule has 114 valence electrons. The fourth-order valence-corrected chi connectivity index (χ4v) is 1.90. The molecule has 1 unspecified atom stereocenters. The zero-order valence-electron chi connectivity index (χ0n) is 12.9. The van der Waals surface area contributed by atoms with Crippen LogP contribution in [0.15, 0.2) is 24.3 Å². The minimum absolute atomic E-state index is 0. The van der Waals surface area contributed by atoms with Crippen molar-refractivity contribution in [1.82, 2.24) is 4.90 Å². The maximum Gasteiger partial charge on any atom is 0.222 e. The van der Waals surface area contributed by atoms with Gasteiger partial charge in [0.1, 0.15) is 0 Å². The lowest BCUT2D eigenvalue weighted by atomic mass is 10.00. The number of hydrogen-bond donors (Lipinski definition) is 1. The number of hydrogen-bond acceptors (Lipinski definition) is 2. The van der Waals surface area contributed by atoms with E-state index in [1.165, 1.54) is 11.1 Å². The largest absolute Gasteiger partial charge is 0.342 e. The fourth-order valence-electron chi connectivity index (χ4n) is 1.90. The summed E-state index contributed by atoms with van der Waals surface area (Å²) in [6, 6.07) is 8.65. The monoisotopic (exact) mass is 298 g/mol. The van der Waals surface area contributed by atoms with Gasteiger partial charge in [-0.3, -0.25) is 4.79 Å². The highest BCUT2D eigenvalue weighted by Crippen LogP contribution is 2.15. The van der Waals surface area contributed by atoms with Crippen LogP contribution >= 0.6 is 12.4 Å². The third kappa shape index (κ3) is 5.51. The van der Waals surface area contributed by atoms with E-state index in [0.717, 1.165) is 6.42 Å².